The highest BCUT2D eigenvalue weighted by Gasteiger charge is 2.30. The molecule has 1 aliphatic carbocycles. The summed E-state index contributed by atoms with van der Waals surface area (Å²) in [5.41, 5.74) is 7.95. The van der Waals surface area contributed by atoms with Crippen molar-refractivity contribution in [3.05, 3.63) is 114 Å². The first-order chi connectivity index (χ1) is 19.5. The number of aliphatic carboxylic acids is 1. The number of hydrogen-bond donors (Lipinski definition) is 3. The Morgan fingerprint density at radius 2 is 1.48 bits per heavy atom. The van der Waals surface area contributed by atoms with E-state index in [0.717, 1.165) is 55.6 Å². The Balaban J connectivity index is 1.18. The van der Waals surface area contributed by atoms with Crippen molar-refractivity contribution in [1.29, 1.82) is 0 Å². The lowest BCUT2D eigenvalue weighted by Crippen LogP contribution is -2.42. The Morgan fingerprint density at radius 1 is 0.850 bits per heavy atom. The molecule has 7 nitrogen and oxygen atoms in total. The lowest BCUT2D eigenvalue weighted by Gasteiger charge is -2.17. The molecule has 0 unspecified atom stereocenters. The molecule has 200 valence electrons. The zero-order chi connectivity index (χ0) is 27.6. The number of aromatic nitrogens is 1. The first-order valence-corrected chi connectivity index (χ1v) is 13.1. The number of carbonyl (C=O) groups excluding carboxylic acids is 1. The molecule has 1 atom stereocenters. The van der Waals surface area contributed by atoms with Crippen molar-refractivity contribution in [2.75, 3.05) is 13.7 Å². The van der Waals surface area contributed by atoms with Crippen LogP contribution in [0.2, 0.25) is 0 Å². The Morgan fingerprint density at radius 3 is 2.15 bits per heavy atom. The topological polar surface area (TPSA) is 101 Å². The maximum atomic E-state index is 12.8. The highest BCUT2D eigenvalue weighted by molar-refractivity contribution is 5.97. The predicted molar refractivity (Wildman–Crippen MR) is 154 cm³/mol. The summed E-state index contributed by atoms with van der Waals surface area (Å²) >= 11 is 0. The monoisotopic (exact) mass is 532 g/mol. The Labute approximate surface area is 231 Å². The number of methoxy groups -OCH3 is 1. The van der Waals surface area contributed by atoms with Crippen LogP contribution in [0.25, 0.3) is 33.2 Å². The van der Waals surface area contributed by atoms with E-state index in [4.69, 9.17) is 9.47 Å². The smallest absolute Gasteiger partial charge is 0.407 e. The zero-order valence-electron chi connectivity index (χ0n) is 21.9. The van der Waals surface area contributed by atoms with Crippen LogP contribution in [-0.2, 0) is 16.0 Å². The van der Waals surface area contributed by atoms with E-state index in [1.54, 1.807) is 13.3 Å². The number of alkyl carbamates (subject to hydrolysis) is 1. The first kappa shape index (κ1) is 25.2. The normalized spacial score (nSPS) is 12.9. The van der Waals surface area contributed by atoms with Crippen LogP contribution in [0.15, 0.2) is 97.2 Å². The van der Waals surface area contributed by atoms with Crippen LogP contribution < -0.4 is 10.1 Å². The van der Waals surface area contributed by atoms with Crippen molar-refractivity contribution in [3.8, 4) is 28.0 Å². The maximum Gasteiger partial charge on any atom is 0.407 e. The Bertz CT molecular complexity index is 1680. The van der Waals surface area contributed by atoms with Gasteiger partial charge in [0.1, 0.15) is 18.4 Å². The van der Waals surface area contributed by atoms with Gasteiger partial charge in [0.25, 0.3) is 0 Å². The van der Waals surface area contributed by atoms with Crippen molar-refractivity contribution in [2.24, 2.45) is 0 Å². The van der Waals surface area contributed by atoms with E-state index in [1.165, 1.54) is 0 Å². The largest absolute Gasteiger partial charge is 0.496 e. The minimum Gasteiger partial charge on any atom is -0.496 e. The van der Waals surface area contributed by atoms with Gasteiger partial charge in [0.2, 0.25) is 0 Å². The molecule has 0 aliphatic heterocycles. The number of carbonyl (C=O) groups is 2. The van der Waals surface area contributed by atoms with Crippen LogP contribution in [-0.4, -0.2) is 41.9 Å². The van der Waals surface area contributed by atoms with Crippen LogP contribution in [0.1, 0.15) is 22.6 Å². The van der Waals surface area contributed by atoms with E-state index >= 15 is 0 Å². The Hall–Kier alpha value is -5.04. The number of benzene rings is 4. The molecule has 0 saturated carbocycles. The van der Waals surface area contributed by atoms with Gasteiger partial charge in [-0.15, -0.1) is 0 Å². The second kappa shape index (κ2) is 10.6. The SMILES string of the molecule is COc1ccccc1-c1cccc2c(C[C@H](NC(=O)OCC3c4ccccc4-c4ccccc43)C(=O)O)c[nH]c12. The van der Waals surface area contributed by atoms with Gasteiger partial charge in [-0.05, 0) is 33.9 Å². The average Bonchev–Trinajstić information content (AvgIpc) is 3.54. The van der Waals surface area contributed by atoms with E-state index in [9.17, 15) is 14.7 Å². The minimum absolute atomic E-state index is 0.0922. The third kappa shape index (κ3) is 4.56. The van der Waals surface area contributed by atoms with Gasteiger partial charge in [-0.2, -0.15) is 0 Å². The van der Waals surface area contributed by atoms with Crippen molar-refractivity contribution < 1.29 is 24.2 Å². The van der Waals surface area contributed by atoms with Crippen LogP contribution in [0.5, 0.6) is 5.75 Å². The second-order valence-electron chi connectivity index (χ2n) is 9.81. The van der Waals surface area contributed by atoms with Gasteiger partial charge in [-0.25, -0.2) is 9.59 Å². The fourth-order valence-corrected chi connectivity index (χ4v) is 5.68. The van der Waals surface area contributed by atoms with Gasteiger partial charge in [0.05, 0.1) is 12.6 Å². The van der Waals surface area contributed by atoms with E-state index in [-0.39, 0.29) is 18.9 Å². The summed E-state index contributed by atoms with van der Waals surface area (Å²) in [5.74, 6) is -0.501. The molecule has 1 amide bonds. The lowest BCUT2D eigenvalue weighted by molar-refractivity contribution is -0.139. The summed E-state index contributed by atoms with van der Waals surface area (Å²) in [7, 11) is 1.63. The van der Waals surface area contributed by atoms with Crippen molar-refractivity contribution in [2.45, 2.75) is 18.4 Å². The van der Waals surface area contributed by atoms with Gasteiger partial charge in [-0.1, -0.05) is 84.9 Å². The van der Waals surface area contributed by atoms with Crippen LogP contribution in [0.4, 0.5) is 4.79 Å². The molecule has 6 rings (SSSR count). The van der Waals surface area contributed by atoms with E-state index < -0.39 is 18.1 Å². The van der Waals surface area contributed by atoms with Gasteiger partial charge < -0.3 is 24.9 Å². The second-order valence-corrected chi connectivity index (χ2v) is 9.81. The van der Waals surface area contributed by atoms with Crippen molar-refractivity contribution in [1.82, 2.24) is 10.3 Å². The molecule has 1 aliphatic rings. The van der Waals surface area contributed by atoms with E-state index in [1.807, 2.05) is 78.9 Å². The molecule has 0 fully saturated rings. The molecule has 4 aromatic carbocycles. The summed E-state index contributed by atoms with van der Waals surface area (Å²) in [6.07, 6.45) is 1.12. The molecule has 0 spiro atoms. The van der Waals surface area contributed by atoms with Crippen LogP contribution >= 0.6 is 0 Å². The summed E-state index contributed by atoms with van der Waals surface area (Å²) < 4.78 is 11.1. The van der Waals surface area contributed by atoms with E-state index in [2.05, 4.69) is 22.4 Å². The average molecular weight is 533 g/mol. The van der Waals surface area contributed by atoms with E-state index in [0.29, 0.717) is 0 Å². The summed E-state index contributed by atoms with van der Waals surface area (Å²) in [4.78, 5) is 28.3. The number of nitrogens with one attached hydrogen (secondary N) is 2. The predicted octanol–water partition coefficient (Wildman–Crippen LogP) is 6.38. The number of H-pyrrole nitrogens is 1. The molecule has 0 saturated heterocycles. The Kier molecular flexibility index (Phi) is 6.70. The minimum atomic E-state index is -1.16. The first-order valence-electron chi connectivity index (χ1n) is 13.1. The quantitative estimate of drug-likeness (QED) is 0.215. The molecule has 0 bridgehead atoms. The number of hydrogen-bond acceptors (Lipinski definition) is 4. The van der Waals surface area contributed by atoms with Crippen LogP contribution in [0.3, 0.4) is 0 Å². The summed E-state index contributed by atoms with van der Waals surface area (Å²) in [5, 5.41) is 13.4. The molecule has 40 heavy (non-hydrogen) atoms. The molecular weight excluding hydrogens is 504 g/mol. The number of ether oxygens (including phenoxy) is 2. The fourth-order valence-electron chi connectivity index (χ4n) is 5.68. The van der Waals surface area contributed by atoms with Gasteiger partial charge in [-0.3, -0.25) is 0 Å². The van der Waals surface area contributed by atoms with Gasteiger partial charge >= 0.3 is 12.1 Å². The molecular formula is C33H28N2O5. The number of fused-ring (bicyclic) bond motifs is 4. The number of carboxylic acid groups (broad SMARTS) is 1. The lowest BCUT2D eigenvalue weighted by atomic mass is 9.98. The molecule has 5 aromatic rings. The third-order valence-corrected chi connectivity index (χ3v) is 7.56. The number of carboxylic acids is 1. The fraction of sp³-hybridized carbons (Fsp3) is 0.152. The van der Waals surface area contributed by atoms with Gasteiger partial charge in [0, 0.05) is 35.0 Å². The number of amides is 1. The number of aromatic amines is 1. The molecule has 7 heteroatoms. The van der Waals surface area contributed by atoms with Crippen molar-refractivity contribution in [3.63, 3.8) is 0 Å². The molecule has 0 radical (unpaired) electrons. The number of rotatable bonds is 8. The molecule has 1 heterocycles. The van der Waals surface area contributed by atoms with Crippen molar-refractivity contribution >= 4 is 23.0 Å². The standard InChI is InChI=1S/C33H28N2O5/c1-39-30-16-7-6-13-26(30)27-15-8-14-21-20(18-34-31(21)27)17-29(32(36)37)35-33(38)40-19-28-24-11-4-2-9-22(24)23-10-3-5-12-25(23)28/h2-16,18,28-29,34H,17,19H2,1H3,(H,35,38)(H,36,37)/t29-/m0/s1. The van der Waals surface area contributed by atoms with Crippen LogP contribution in [0, 0.1) is 0 Å². The highest BCUT2D eigenvalue weighted by Crippen LogP contribution is 2.44. The third-order valence-electron chi connectivity index (χ3n) is 7.56. The summed E-state index contributed by atoms with van der Waals surface area (Å²) in [6.45, 7) is 0.113. The highest BCUT2D eigenvalue weighted by atomic mass is 16.5. The maximum absolute atomic E-state index is 12.8. The number of para-hydroxylation sites is 2. The van der Waals surface area contributed by atoms with Gasteiger partial charge in [0.15, 0.2) is 0 Å². The zero-order valence-corrected chi connectivity index (χ0v) is 21.9. The molecule has 3 N–H and O–H groups in total. The summed E-state index contributed by atoms with van der Waals surface area (Å²) in [6, 6.07) is 28.6. The molecule has 1 aromatic heterocycles.